The molecule has 0 nitrogen and oxygen atoms in total. The van der Waals surface area contributed by atoms with Crippen LogP contribution in [0.15, 0.2) is 0 Å². The molecule has 0 aromatic carbocycles. The predicted molar refractivity (Wildman–Crippen MR) is 89.5 cm³/mol. The maximum absolute atomic E-state index is 3.89. The Hall–Kier alpha value is 1.00. The SMILES string of the molecule is [CH2-]CCCCCCCCCCCCCCCCCC.[Na+]. The van der Waals surface area contributed by atoms with Gasteiger partial charge < -0.3 is 6.92 Å². The van der Waals surface area contributed by atoms with Gasteiger partial charge >= 0.3 is 29.6 Å². The third-order valence-corrected chi connectivity index (χ3v) is 4.10. The summed E-state index contributed by atoms with van der Waals surface area (Å²) < 4.78 is 0. The molecule has 0 spiro atoms. The van der Waals surface area contributed by atoms with Crippen LogP contribution in [0.25, 0.3) is 0 Å². The zero-order valence-corrected chi connectivity index (χ0v) is 16.7. The molecule has 1 heteroatoms. The molecule has 0 rings (SSSR count). The van der Waals surface area contributed by atoms with E-state index in [4.69, 9.17) is 0 Å². The van der Waals surface area contributed by atoms with Crippen LogP contribution in [0.5, 0.6) is 0 Å². The van der Waals surface area contributed by atoms with Gasteiger partial charge in [0, 0.05) is 0 Å². The van der Waals surface area contributed by atoms with Crippen molar-refractivity contribution in [2.75, 3.05) is 0 Å². The second-order valence-electron chi connectivity index (χ2n) is 6.16. The zero-order chi connectivity index (χ0) is 14.0. The molecule has 0 fully saturated rings. The van der Waals surface area contributed by atoms with E-state index in [-0.39, 0.29) is 29.6 Å². The third-order valence-electron chi connectivity index (χ3n) is 4.10. The van der Waals surface area contributed by atoms with Gasteiger partial charge in [0.15, 0.2) is 0 Å². The molecule has 0 aliphatic rings. The zero-order valence-electron chi connectivity index (χ0n) is 14.7. The van der Waals surface area contributed by atoms with Crippen molar-refractivity contribution in [3.05, 3.63) is 6.92 Å². The number of rotatable bonds is 16. The first-order valence-electron chi connectivity index (χ1n) is 9.21. The van der Waals surface area contributed by atoms with Crippen LogP contribution < -0.4 is 29.6 Å². The normalized spacial score (nSPS) is 10.5. The summed E-state index contributed by atoms with van der Waals surface area (Å²) in [6.45, 7) is 6.18. The standard InChI is InChI=1S/C19H39.Na/c1-3-5-7-9-11-13-15-17-19-18-16-14-12-10-8-6-4-2;/h1,3-19H2,2H3;/q-1;+1. The van der Waals surface area contributed by atoms with Crippen molar-refractivity contribution in [3.8, 4) is 0 Å². The third kappa shape index (κ3) is 21.3. The van der Waals surface area contributed by atoms with E-state index in [1.807, 2.05) is 0 Å². The monoisotopic (exact) mass is 290 g/mol. The molecule has 0 saturated carbocycles. The van der Waals surface area contributed by atoms with Gasteiger partial charge in [0.1, 0.15) is 0 Å². The van der Waals surface area contributed by atoms with E-state index >= 15 is 0 Å². The Kier molecular flexibility index (Phi) is 25.9. The second kappa shape index (κ2) is 22.3. The van der Waals surface area contributed by atoms with E-state index in [2.05, 4.69) is 13.8 Å². The molecule has 0 aromatic rings. The Bertz CT molecular complexity index is 129. The average Bonchev–Trinajstić information content (AvgIpc) is 2.43. The summed E-state index contributed by atoms with van der Waals surface area (Å²) in [5.41, 5.74) is 0. The summed E-state index contributed by atoms with van der Waals surface area (Å²) in [7, 11) is 0. The maximum Gasteiger partial charge on any atom is 1.00 e. The summed E-state index contributed by atoms with van der Waals surface area (Å²) in [4.78, 5) is 0. The number of hydrogen-bond donors (Lipinski definition) is 0. The summed E-state index contributed by atoms with van der Waals surface area (Å²) in [6, 6.07) is 0. The van der Waals surface area contributed by atoms with E-state index in [0.29, 0.717) is 0 Å². The van der Waals surface area contributed by atoms with E-state index < -0.39 is 0 Å². The van der Waals surface area contributed by atoms with Gasteiger partial charge in [0.2, 0.25) is 0 Å². The van der Waals surface area contributed by atoms with Crippen LogP contribution in [0.3, 0.4) is 0 Å². The summed E-state index contributed by atoms with van der Waals surface area (Å²) >= 11 is 0. The van der Waals surface area contributed by atoms with E-state index in [1.54, 1.807) is 0 Å². The molecule has 0 radical (unpaired) electrons. The van der Waals surface area contributed by atoms with Gasteiger partial charge in [-0.15, -0.1) is 0 Å². The molecule has 0 saturated heterocycles. The fraction of sp³-hybridized carbons (Fsp3) is 0.947. The fourth-order valence-electron chi connectivity index (χ4n) is 2.72. The molecule has 0 heterocycles. The predicted octanol–water partition coefficient (Wildman–Crippen LogP) is 4.48. The Morgan fingerprint density at radius 3 is 0.950 bits per heavy atom. The minimum atomic E-state index is 0. The van der Waals surface area contributed by atoms with Crippen LogP contribution >= 0.6 is 0 Å². The summed E-state index contributed by atoms with van der Waals surface area (Å²) in [5.74, 6) is 0. The molecule has 0 atom stereocenters. The van der Waals surface area contributed by atoms with Crippen molar-refractivity contribution < 1.29 is 29.6 Å². The molecule has 0 bridgehead atoms. The molecule has 0 aliphatic carbocycles. The first kappa shape index (κ1) is 23.3. The molecule has 0 N–H and O–H groups in total. The van der Waals surface area contributed by atoms with E-state index in [9.17, 15) is 0 Å². The molecule has 0 amide bonds. The number of hydrogen-bond acceptors (Lipinski definition) is 0. The Balaban J connectivity index is 0. The summed E-state index contributed by atoms with van der Waals surface area (Å²) in [5, 5.41) is 0. The molecular weight excluding hydrogens is 251 g/mol. The van der Waals surface area contributed by atoms with Crippen LogP contribution in [0.2, 0.25) is 0 Å². The quantitative estimate of drug-likeness (QED) is 0.223. The van der Waals surface area contributed by atoms with Crippen LogP contribution in [-0.4, -0.2) is 0 Å². The van der Waals surface area contributed by atoms with Gasteiger partial charge in [-0.1, -0.05) is 110 Å². The van der Waals surface area contributed by atoms with Crippen molar-refractivity contribution in [2.45, 2.75) is 116 Å². The minimum absolute atomic E-state index is 0. The Morgan fingerprint density at radius 2 is 0.700 bits per heavy atom. The number of unbranched alkanes of at least 4 members (excludes halogenated alkanes) is 16. The molecular formula is C19H39Na. The van der Waals surface area contributed by atoms with Crippen molar-refractivity contribution >= 4 is 0 Å². The van der Waals surface area contributed by atoms with Gasteiger partial charge in [-0.05, 0) is 0 Å². The van der Waals surface area contributed by atoms with Crippen molar-refractivity contribution in [1.29, 1.82) is 0 Å². The summed E-state index contributed by atoms with van der Waals surface area (Å²) in [6.07, 6.45) is 24.3. The molecule has 0 aromatic heterocycles. The largest absolute Gasteiger partial charge is 1.00 e. The molecule has 0 aliphatic heterocycles. The Morgan fingerprint density at radius 1 is 0.450 bits per heavy atom. The second-order valence-corrected chi connectivity index (χ2v) is 6.16. The molecule has 116 valence electrons. The van der Waals surface area contributed by atoms with Crippen molar-refractivity contribution in [3.63, 3.8) is 0 Å². The fourth-order valence-corrected chi connectivity index (χ4v) is 2.72. The van der Waals surface area contributed by atoms with Crippen LogP contribution in [0, 0.1) is 6.92 Å². The molecule has 0 unspecified atom stereocenters. The van der Waals surface area contributed by atoms with Gasteiger partial charge in [0.05, 0.1) is 0 Å². The van der Waals surface area contributed by atoms with Gasteiger partial charge in [-0.2, -0.15) is 6.42 Å². The van der Waals surface area contributed by atoms with E-state index in [0.717, 1.165) is 6.42 Å². The molecule has 20 heavy (non-hydrogen) atoms. The first-order chi connectivity index (χ1) is 9.41. The average molecular weight is 291 g/mol. The Labute approximate surface area is 152 Å². The maximum atomic E-state index is 3.89. The van der Waals surface area contributed by atoms with Gasteiger partial charge in [0.25, 0.3) is 0 Å². The van der Waals surface area contributed by atoms with Crippen LogP contribution in [0.4, 0.5) is 0 Å². The van der Waals surface area contributed by atoms with Crippen molar-refractivity contribution in [1.82, 2.24) is 0 Å². The van der Waals surface area contributed by atoms with Gasteiger partial charge in [-0.3, -0.25) is 0 Å². The minimum Gasteiger partial charge on any atom is -0.343 e. The van der Waals surface area contributed by atoms with Gasteiger partial charge in [-0.25, -0.2) is 0 Å². The smallest absolute Gasteiger partial charge is 0.343 e. The van der Waals surface area contributed by atoms with Crippen molar-refractivity contribution in [2.24, 2.45) is 0 Å². The van der Waals surface area contributed by atoms with Crippen LogP contribution in [0.1, 0.15) is 116 Å². The van der Waals surface area contributed by atoms with E-state index in [1.165, 1.54) is 103 Å². The van der Waals surface area contributed by atoms with Crippen LogP contribution in [-0.2, 0) is 0 Å². The first-order valence-corrected chi connectivity index (χ1v) is 9.21. The topological polar surface area (TPSA) is 0 Å².